The number of aromatic amines is 1. The van der Waals surface area contributed by atoms with E-state index in [1.807, 2.05) is 0 Å². The van der Waals surface area contributed by atoms with E-state index in [1.54, 1.807) is 12.4 Å². The van der Waals surface area contributed by atoms with E-state index in [1.165, 1.54) is 6.07 Å². The summed E-state index contributed by atoms with van der Waals surface area (Å²) in [6.45, 7) is 1.46. The van der Waals surface area contributed by atoms with Crippen molar-refractivity contribution in [2.24, 2.45) is 0 Å². The molecule has 0 aromatic carbocycles. The Hall–Kier alpha value is -1.13. The molecule has 0 atom stereocenters. The van der Waals surface area contributed by atoms with Crippen LogP contribution in [0.2, 0.25) is 0 Å². The smallest absolute Gasteiger partial charge is 0.186 e. The molecule has 0 aliphatic heterocycles. The van der Waals surface area contributed by atoms with Crippen LogP contribution >= 0.6 is 0 Å². The van der Waals surface area contributed by atoms with Gasteiger partial charge in [-0.05, 0) is 13.0 Å². The lowest BCUT2D eigenvalue weighted by atomic mass is 10.3. The second-order valence-corrected chi connectivity index (χ2v) is 2.79. The fraction of sp³-hybridized carbons (Fsp3) is 0.444. The van der Waals surface area contributed by atoms with Gasteiger partial charge in [0, 0.05) is 37.2 Å². The maximum absolute atomic E-state index is 11.2. The number of aliphatic hydroxyl groups excluding tert-OH is 1. The summed E-state index contributed by atoms with van der Waals surface area (Å²) < 4.78 is 0. The molecule has 0 saturated heterocycles. The molecule has 3 N–H and O–H groups in total. The van der Waals surface area contributed by atoms with E-state index in [0.717, 1.165) is 12.1 Å². The molecule has 13 heavy (non-hydrogen) atoms. The molecule has 0 saturated carbocycles. The summed E-state index contributed by atoms with van der Waals surface area (Å²) >= 11 is 0. The van der Waals surface area contributed by atoms with Crippen molar-refractivity contribution in [1.29, 1.82) is 0 Å². The second kappa shape index (κ2) is 5.50. The maximum atomic E-state index is 11.2. The van der Waals surface area contributed by atoms with Crippen LogP contribution in [0.15, 0.2) is 23.3 Å². The first kappa shape index (κ1) is 9.95. The van der Waals surface area contributed by atoms with Crippen LogP contribution in [0, 0.1) is 0 Å². The zero-order valence-corrected chi connectivity index (χ0v) is 7.42. The van der Waals surface area contributed by atoms with Crippen LogP contribution in [0.25, 0.3) is 0 Å². The molecule has 4 heteroatoms. The Kier molecular flexibility index (Phi) is 4.21. The van der Waals surface area contributed by atoms with Crippen molar-refractivity contribution in [1.82, 2.24) is 10.3 Å². The van der Waals surface area contributed by atoms with Gasteiger partial charge in [-0.15, -0.1) is 0 Å². The number of H-pyrrole nitrogens is 1. The number of pyridine rings is 1. The van der Waals surface area contributed by atoms with E-state index in [0.29, 0.717) is 13.0 Å². The highest BCUT2D eigenvalue weighted by molar-refractivity contribution is 5.08. The molecular formula is C9H14N2O2. The Morgan fingerprint density at radius 2 is 2.38 bits per heavy atom. The third-order valence-electron chi connectivity index (χ3n) is 1.73. The van der Waals surface area contributed by atoms with Crippen LogP contribution in [-0.4, -0.2) is 23.2 Å². The molecule has 0 aliphatic rings. The zero-order valence-electron chi connectivity index (χ0n) is 7.42. The Morgan fingerprint density at radius 3 is 3.08 bits per heavy atom. The van der Waals surface area contributed by atoms with Crippen LogP contribution < -0.4 is 10.7 Å². The van der Waals surface area contributed by atoms with E-state index in [2.05, 4.69) is 10.3 Å². The van der Waals surface area contributed by atoms with Crippen molar-refractivity contribution in [3.63, 3.8) is 0 Å². The van der Waals surface area contributed by atoms with Gasteiger partial charge in [0.1, 0.15) is 0 Å². The fourth-order valence-corrected chi connectivity index (χ4v) is 1.02. The summed E-state index contributed by atoms with van der Waals surface area (Å²) in [6.07, 6.45) is 4.01. The fourth-order valence-electron chi connectivity index (χ4n) is 1.02. The summed E-state index contributed by atoms with van der Waals surface area (Å²) in [5.41, 5.74) is 0.760. The Bertz CT molecular complexity index is 296. The predicted molar refractivity (Wildman–Crippen MR) is 50.5 cm³/mol. The minimum Gasteiger partial charge on any atom is -0.396 e. The average molecular weight is 182 g/mol. The quantitative estimate of drug-likeness (QED) is 0.555. The van der Waals surface area contributed by atoms with Crippen LogP contribution in [-0.2, 0) is 6.54 Å². The number of aromatic nitrogens is 1. The number of nitrogens with one attached hydrogen (secondary N) is 2. The molecular weight excluding hydrogens is 168 g/mol. The zero-order chi connectivity index (χ0) is 9.52. The molecule has 0 fully saturated rings. The van der Waals surface area contributed by atoms with Gasteiger partial charge in [-0.1, -0.05) is 0 Å². The van der Waals surface area contributed by atoms with Crippen molar-refractivity contribution in [3.05, 3.63) is 34.2 Å². The normalized spacial score (nSPS) is 10.2. The monoisotopic (exact) mass is 182 g/mol. The lowest BCUT2D eigenvalue weighted by Gasteiger charge is -2.01. The highest BCUT2D eigenvalue weighted by Crippen LogP contribution is 1.86. The third kappa shape index (κ3) is 3.40. The SMILES string of the molecule is O=c1cc[nH]cc1CNCCCO. The minimum atomic E-state index is 0.0373. The van der Waals surface area contributed by atoms with Crippen LogP contribution in [0.1, 0.15) is 12.0 Å². The van der Waals surface area contributed by atoms with Gasteiger partial charge in [0.15, 0.2) is 5.43 Å². The van der Waals surface area contributed by atoms with Crippen molar-refractivity contribution in [2.75, 3.05) is 13.2 Å². The van der Waals surface area contributed by atoms with Gasteiger partial charge in [0.05, 0.1) is 0 Å². The number of hydrogen-bond donors (Lipinski definition) is 3. The molecule has 0 aliphatic carbocycles. The van der Waals surface area contributed by atoms with Gasteiger partial charge < -0.3 is 15.4 Å². The third-order valence-corrected chi connectivity index (χ3v) is 1.73. The van der Waals surface area contributed by atoms with E-state index < -0.39 is 0 Å². The molecule has 1 heterocycles. The lowest BCUT2D eigenvalue weighted by molar-refractivity contribution is 0.286. The highest BCUT2D eigenvalue weighted by Gasteiger charge is 1.95. The first-order chi connectivity index (χ1) is 6.34. The number of aliphatic hydroxyl groups is 1. The van der Waals surface area contributed by atoms with E-state index >= 15 is 0 Å². The van der Waals surface area contributed by atoms with Crippen LogP contribution in [0.4, 0.5) is 0 Å². The summed E-state index contributed by atoms with van der Waals surface area (Å²) in [5, 5.41) is 11.6. The predicted octanol–water partition coefficient (Wildman–Crippen LogP) is -0.153. The van der Waals surface area contributed by atoms with Gasteiger partial charge in [-0.2, -0.15) is 0 Å². The van der Waals surface area contributed by atoms with Crippen molar-refractivity contribution in [3.8, 4) is 0 Å². The lowest BCUT2D eigenvalue weighted by Crippen LogP contribution is -2.20. The minimum absolute atomic E-state index is 0.0373. The number of hydrogen-bond acceptors (Lipinski definition) is 3. The molecule has 0 spiro atoms. The van der Waals surface area contributed by atoms with Gasteiger partial charge in [0.2, 0.25) is 0 Å². The van der Waals surface area contributed by atoms with Gasteiger partial charge >= 0.3 is 0 Å². The molecule has 0 bridgehead atoms. The molecule has 0 amide bonds. The Labute approximate surface area is 76.6 Å². The van der Waals surface area contributed by atoms with E-state index in [-0.39, 0.29) is 12.0 Å². The summed E-state index contributed by atoms with van der Waals surface area (Å²) in [5.74, 6) is 0. The second-order valence-electron chi connectivity index (χ2n) is 2.79. The molecule has 0 radical (unpaired) electrons. The molecule has 72 valence electrons. The van der Waals surface area contributed by atoms with Crippen molar-refractivity contribution in [2.45, 2.75) is 13.0 Å². The largest absolute Gasteiger partial charge is 0.396 e. The highest BCUT2D eigenvalue weighted by atomic mass is 16.3. The van der Waals surface area contributed by atoms with Gasteiger partial charge in [-0.3, -0.25) is 4.79 Å². The first-order valence-corrected chi connectivity index (χ1v) is 4.32. The summed E-state index contributed by atoms with van der Waals surface area (Å²) in [7, 11) is 0. The maximum Gasteiger partial charge on any atom is 0.186 e. The molecule has 1 aromatic rings. The molecule has 0 unspecified atom stereocenters. The molecule has 1 aromatic heterocycles. The summed E-state index contributed by atoms with van der Waals surface area (Å²) in [4.78, 5) is 14.0. The topological polar surface area (TPSA) is 65.1 Å². The van der Waals surface area contributed by atoms with Crippen LogP contribution in [0.5, 0.6) is 0 Å². The Balaban J connectivity index is 2.37. The first-order valence-electron chi connectivity index (χ1n) is 4.32. The average Bonchev–Trinajstić information content (AvgIpc) is 2.15. The molecule has 1 rings (SSSR count). The van der Waals surface area contributed by atoms with E-state index in [9.17, 15) is 4.79 Å². The van der Waals surface area contributed by atoms with Gasteiger partial charge in [0.25, 0.3) is 0 Å². The standard InChI is InChI=1S/C9H14N2O2/c12-5-1-3-10-6-8-7-11-4-2-9(8)13/h2,4,7,10,12H,1,3,5-6H2,(H,11,13). The van der Waals surface area contributed by atoms with Crippen molar-refractivity contribution >= 4 is 0 Å². The van der Waals surface area contributed by atoms with Crippen LogP contribution in [0.3, 0.4) is 0 Å². The van der Waals surface area contributed by atoms with Crippen molar-refractivity contribution < 1.29 is 5.11 Å². The summed E-state index contributed by atoms with van der Waals surface area (Å²) in [6, 6.07) is 1.50. The van der Waals surface area contributed by atoms with Gasteiger partial charge in [-0.25, -0.2) is 0 Å². The Morgan fingerprint density at radius 1 is 1.54 bits per heavy atom. The van der Waals surface area contributed by atoms with E-state index in [4.69, 9.17) is 5.11 Å². The molecule has 4 nitrogen and oxygen atoms in total. The number of rotatable bonds is 5.